The molecule has 0 aliphatic carbocycles. The molecule has 1 amide bonds. The van der Waals surface area contributed by atoms with Crippen LogP contribution >= 0.6 is 0 Å². The normalized spacial score (nSPS) is 11.9. The predicted octanol–water partition coefficient (Wildman–Crippen LogP) is 5.04. The molecule has 0 heterocycles. The summed E-state index contributed by atoms with van der Waals surface area (Å²) in [5.74, 6) is -0.675. The fourth-order valence-electron chi connectivity index (χ4n) is 4.14. The van der Waals surface area contributed by atoms with E-state index in [0.717, 1.165) is 16.7 Å². The number of carbonyl (C=O) groups is 2. The minimum absolute atomic E-state index is 0.145. The van der Waals surface area contributed by atoms with Gasteiger partial charge >= 0.3 is 5.97 Å². The Balaban J connectivity index is 2.07. The summed E-state index contributed by atoms with van der Waals surface area (Å²) in [6.07, 6.45) is 2.91. The number of rotatable bonds is 10. The molecule has 3 aromatic rings. The van der Waals surface area contributed by atoms with Crippen molar-refractivity contribution in [2.24, 2.45) is 0 Å². The maximum Gasteiger partial charge on any atom is 0.328 e. The smallest absolute Gasteiger partial charge is 0.328 e. The van der Waals surface area contributed by atoms with Crippen molar-refractivity contribution in [3.05, 3.63) is 120 Å². The van der Waals surface area contributed by atoms with Crippen molar-refractivity contribution >= 4 is 11.9 Å². The average Bonchev–Trinajstić information content (AvgIpc) is 2.86. The van der Waals surface area contributed by atoms with Crippen LogP contribution < -0.4 is 5.32 Å². The van der Waals surface area contributed by atoms with Crippen molar-refractivity contribution in [2.45, 2.75) is 30.7 Å². The van der Waals surface area contributed by atoms with Gasteiger partial charge in [0.15, 0.2) is 0 Å². The summed E-state index contributed by atoms with van der Waals surface area (Å²) in [6.45, 7) is 3.71. The van der Waals surface area contributed by atoms with E-state index in [1.165, 1.54) is 7.11 Å². The molecule has 0 fully saturated rings. The monoisotopic (exact) mass is 427 g/mol. The second kappa shape index (κ2) is 11.1. The highest BCUT2D eigenvalue weighted by molar-refractivity contribution is 5.86. The summed E-state index contributed by atoms with van der Waals surface area (Å²) in [6, 6.07) is 29.3. The molecule has 3 aromatic carbocycles. The maximum atomic E-state index is 13.4. The fraction of sp³-hybridized carbons (Fsp3) is 0.214. The lowest BCUT2D eigenvalue weighted by Crippen LogP contribution is -2.44. The van der Waals surface area contributed by atoms with Crippen LogP contribution in [0.15, 0.2) is 104 Å². The van der Waals surface area contributed by atoms with Crippen molar-refractivity contribution in [2.75, 3.05) is 7.11 Å². The molecule has 0 radical (unpaired) electrons. The highest BCUT2D eigenvalue weighted by Crippen LogP contribution is 2.42. The summed E-state index contributed by atoms with van der Waals surface area (Å²) >= 11 is 0. The third-order valence-corrected chi connectivity index (χ3v) is 5.71. The topological polar surface area (TPSA) is 55.4 Å². The molecule has 1 N–H and O–H groups in total. The van der Waals surface area contributed by atoms with Gasteiger partial charge in [-0.05, 0) is 29.5 Å². The van der Waals surface area contributed by atoms with E-state index in [0.29, 0.717) is 12.8 Å². The first-order valence-corrected chi connectivity index (χ1v) is 10.8. The number of hydrogen-bond donors (Lipinski definition) is 1. The van der Waals surface area contributed by atoms with E-state index >= 15 is 0 Å². The number of hydrogen-bond acceptors (Lipinski definition) is 3. The molecule has 0 aliphatic rings. The first kappa shape index (κ1) is 23.0. The molecular formula is C28H29NO3. The van der Waals surface area contributed by atoms with Crippen LogP contribution in [0.2, 0.25) is 0 Å². The molecule has 1 atom stereocenters. The van der Waals surface area contributed by atoms with E-state index < -0.39 is 17.4 Å². The highest BCUT2D eigenvalue weighted by atomic mass is 16.5. The zero-order valence-electron chi connectivity index (χ0n) is 18.4. The summed E-state index contributed by atoms with van der Waals surface area (Å²) in [5.41, 5.74) is 2.31. The molecule has 4 heteroatoms. The molecule has 0 bridgehead atoms. The van der Waals surface area contributed by atoms with Crippen LogP contribution in [-0.4, -0.2) is 25.0 Å². The van der Waals surface area contributed by atoms with Gasteiger partial charge < -0.3 is 10.1 Å². The molecule has 3 rings (SSSR count). The minimum Gasteiger partial charge on any atom is -0.467 e. The molecule has 0 unspecified atom stereocenters. The van der Waals surface area contributed by atoms with Gasteiger partial charge in [0.1, 0.15) is 6.04 Å². The van der Waals surface area contributed by atoms with Crippen molar-refractivity contribution in [1.82, 2.24) is 5.32 Å². The fourth-order valence-corrected chi connectivity index (χ4v) is 4.14. The van der Waals surface area contributed by atoms with Crippen LogP contribution in [0.1, 0.15) is 36.0 Å². The summed E-state index contributed by atoms with van der Waals surface area (Å²) in [4.78, 5) is 25.7. The summed E-state index contributed by atoms with van der Waals surface area (Å²) < 4.78 is 4.91. The van der Waals surface area contributed by atoms with Crippen molar-refractivity contribution in [3.63, 3.8) is 0 Å². The van der Waals surface area contributed by atoms with Crippen LogP contribution in [0, 0.1) is 0 Å². The molecule has 32 heavy (non-hydrogen) atoms. The molecule has 164 valence electrons. The zero-order valence-corrected chi connectivity index (χ0v) is 18.4. The van der Waals surface area contributed by atoms with Gasteiger partial charge in [-0.3, -0.25) is 4.79 Å². The van der Waals surface area contributed by atoms with Gasteiger partial charge in [-0.1, -0.05) is 97.1 Å². The van der Waals surface area contributed by atoms with Gasteiger partial charge in [0.2, 0.25) is 5.91 Å². The van der Waals surface area contributed by atoms with E-state index in [4.69, 9.17) is 4.74 Å². The number of carbonyl (C=O) groups excluding carboxylic acids is 2. The van der Waals surface area contributed by atoms with E-state index in [1.807, 2.05) is 91.0 Å². The number of esters is 1. The molecule has 4 nitrogen and oxygen atoms in total. The lowest BCUT2D eigenvalue weighted by atomic mass is 9.67. The Morgan fingerprint density at radius 2 is 1.31 bits per heavy atom. The van der Waals surface area contributed by atoms with Gasteiger partial charge in [0.25, 0.3) is 0 Å². The second-order valence-corrected chi connectivity index (χ2v) is 7.69. The molecule has 0 aromatic heterocycles. The molecule has 0 spiro atoms. The third kappa shape index (κ3) is 5.14. The SMILES string of the molecule is C=CCC[C@H](NC(=O)CC(c1ccccc1)(c1ccccc1)c1ccccc1)C(=O)OC. The first-order valence-electron chi connectivity index (χ1n) is 10.8. The van der Waals surface area contributed by atoms with Gasteiger partial charge in [0, 0.05) is 6.42 Å². The Hall–Kier alpha value is -3.66. The minimum atomic E-state index is -0.717. The van der Waals surface area contributed by atoms with Crippen LogP contribution in [0.5, 0.6) is 0 Å². The number of benzene rings is 3. The van der Waals surface area contributed by atoms with Gasteiger partial charge in [0.05, 0.1) is 12.5 Å². The quantitative estimate of drug-likeness (QED) is 0.280. The van der Waals surface area contributed by atoms with Crippen molar-refractivity contribution < 1.29 is 14.3 Å². The van der Waals surface area contributed by atoms with E-state index in [9.17, 15) is 9.59 Å². The number of amides is 1. The van der Waals surface area contributed by atoms with E-state index in [2.05, 4.69) is 11.9 Å². The second-order valence-electron chi connectivity index (χ2n) is 7.69. The molecular weight excluding hydrogens is 398 g/mol. The number of nitrogens with one attached hydrogen (secondary N) is 1. The van der Waals surface area contributed by atoms with Crippen molar-refractivity contribution in [1.29, 1.82) is 0 Å². The molecule has 0 aliphatic heterocycles. The van der Waals surface area contributed by atoms with E-state index in [-0.39, 0.29) is 12.3 Å². The Morgan fingerprint density at radius 1 is 0.875 bits per heavy atom. The standard InChI is InChI=1S/C28H29NO3/c1-3-4-20-25(27(31)32-2)29-26(30)21-28(22-14-8-5-9-15-22,23-16-10-6-11-17-23)24-18-12-7-13-19-24/h3,5-19,25H,1,4,20-21H2,2H3,(H,29,30)/t25-/m0/s1. The predicted molar refractivity (Wildman–Crippen MR) is 127 cm³/mol. The van der Waals surface area contributed by atoms with Crippen LogP contribution in [0.4, 0.5) is 0 Å². The van der Waals surface area contributed by atoms with Crippen molar-refractivity contribution in [3.8, 4) is 0 Å². The maximum absolute atomic E-state index is 13.4. The van der Waals surface area contributed by atoms with E-state index in [1.54, 1.807) is 6.08 Å². The molecule has 0 saturated heterocycles. The van der Waals surface area contributed by atoms with Gasteiger partial charge in [-0.15, -0.1) is 6.58 Å². The first-order chi connectivity index (χ1) is 15.6. The Morgan fingerprint density at radius 3 is 1.69 bits per heavy atom. The summed E-state index contributed by atoms with van der Waals surface area (Å²) in [7, 11) is 1.33. The third-order valence-electron chi connectivity index (χ3n) is 5.71. The Kier molecular flexibility index (Phi) is 7.98. The van der Waals surface area contributed by atoms with Crippen LogP contribution in [0.25, 0.3) is 0 Å². The number of ether oxygens (including phenoxy) is 1. The van der Waals surface area contributed by atoms with Gasteiger partial charge in [-0.2, -0.15) is 0 Å². The summed E-state index contributed by atoms with van der Waals surface area (Å²) in [5, 5.41) is 2.91. The highest BCUT2D eigenvalue weighted by Gasteiger charge is 2.39. The number of methoxy groups -OCH3 is 1. The lowest BCUT2D eigenvalue weighted by molar-refractivity contribution is -0.145. The Labute approximate surface area is 189 Å². The molecule has 0 saturated carbocycles. The lowest BCUT2D eigenvalue weighted by Gasteiger charge is -2.36. The largest absolute Gasteiger partial charge is 0.467 e. The zero-order chi connectivity index (χ0) is 22.8. The van der Waals surface area contributed by atoms with Crippen LogP contribution in [0.3, 0.4) is 0 Å². The van der Waals surface area contributed by atoms with Crippen LogP contribution in [-0.2, 0) is 19.7 Å². The van der Waals surface area contributed by atoms with Gasteiger partial charge in [-0.25, -0.2) is 4.79 Å². The average molecular weight is 428 g/mol. The Bertz CT molecular complexity index is 920. The number of allylic oxidation sites excluding steroid dienone is 1.